The van der Waals surface area contributed by atoms with Crippen molar-refractivity contribution >= 4 is 28.7 Å². The number of fused-ring (bicyclic) bond motifs is 2. The Morgan fingerprint density at radius 1 is 1.05 bits per heavy atom. The molecule has 1 fully saturated rings. The van der Waals surface area contributed by atoms with Gasteiger partial charge in [0.2, 0.25) is 11.8 Å². The monoisotopic (exact) mass is 516 g/mol. The van der Waals surface area contributed by atoms with E-state index in [4.69, 9.17) is 14.5 Å². The fraction of sp³-hybridized carbons (Fsp3) is 0.464. The van der Waals surface area contributed by atoms with Gasteiger partial charge >= 0.3 is 0 Å². The molecule has 0 atom stereocenters. The molecule has 3 aliphatic heterocycles. The first-order valence-electron chi connectivity index (χ1n) is 13.5. The summed E-state index contributed by atoms with van der Waals surface area (Å²) in [5, 5.41) is 10.4. The van der Waals surface area contributed by atoms with Gasteiger partial charge in [0.15, 0.2) is 0 Å². The SMILES string of the molecule is Cc1cc(Nc2ncc3c(n2)CN(c2cnc4c(c2C)NCCO4)CC3)ccc1NCCN1CCOCC1. The second-order valence-corrected chi connectivity index (χ2v) is 10.1. The molecule has 3 aromatic rings. The van der Waals surface area contributed by atoms with Crippen LogP contribution in [0.2, 0.25) is 0 Å². The van der Waals surface area contributed by atoms with Crippen LogP contribution in [0.4, 0.5) is 28.7 Å². The molecule has 6 rings (SSSR count). The van der Waals surface area contributed by atoms with E-state index in [2.05, 4.69) is 67.8 Å². The van der Waals surface area contributed by atoms with Crippen LogP contribution in [0.25, 0.3) is 0 Å². The molecule has 2 aromatic heterocycles. The number of nitrogens with one attached hydrogen (secondary N) is 3. The van der Waals surface area contributed by atoms with Crippen LogP contribution >= 0.6 is 0 Å². The molecule has 200 valence electrons. The second-order valence-electron chi connectivity index (χ2n) is 10.1. The highest BCUT2D eigenvalue weighted by atomic mass is 16.5. The predicted molar refractivity (Wildman–Crippen MR) is 150 cm³/mol. The van der Waals surface area contributed by atoms with Crippen molar-refractivity contribution in [1.29, 1.82) is 0 Å². The number of hydrogen-bond donors (Lipinski definition) is 3. The number of nitrogens with zero attached hydrogens (tertiary/aromatic N) is 5. The topological polar surface area (TPSA) is 99.7 Å². The quantitative estimate of drug-likeness (QED) is 0.434. The Hall–Kier alpha value is -3.63. The summed E-state index contributed by atoms with van der Waals surface area (Å²) < 4.78 is 11.1. The average Bonchev–Trinajstić information content (AvgIpc) is 2.95. The number of aromatic nitrogens is 3. The van der Waals surface area contributed by atoms with Crippen LogP contribution in [0, 0.1) is 13.8 Å². The maximum atomic E-state index is 5.70. The Morgan fingerprint density at radius 2 is 1.95 bits per heavy atom. The number of morpholine rings is 1. The van der Waals surface area contributed by atoms with Gasteiger partial charge in [0.1, 0.15) is 12.3 Å². The van der Waals surface area contributed by atoms with E-state index >= 15 is 0 Å². The van der Waals surface area contributed by atoms with Crippen LogP contribution in [0.3, 0.4) is 0 Å². The van der Waals surface area contributed by atoms with E-state index in [9.17, 15) is 0 Å². The zero-order valence-electron chi connectivity index (χ0n) is 22.2. The number of hydrogen-bond acceptors (Lipinski definition) is 10. The molecule has 0 amide bonds. The summed E-state index contributed by atoms with van der Waals surface area (Å²) in [5.41, 5.74) is 8.86. The van der Waals surface area contributed by atoms with Gasteiger partial charge in [-0.05, 0) is 49.6 Å². The summed E-state index contributed by atoms with van der Waals surface area (Å²) in [6.45, 7) is 13.0. The van der Waals surface area contributed by atoms with Crippen LogP contribution in [0.1, 0.15) is 22.4 Å². The van der Waals surface area contributed by atoms with Crippen molar-refractivity contribution in [2.24, 2.45) is 0 Å². The highest BCUT2D eigenvalue weighted by Gasteiger charge is 2.24. The lowest BCUT2D eigenvalue weighted by Crippen LogP contribution is -2.39. The largest absolute Gasteiger partial charge is 0.474 e. The van der Waals surface area contributed by atoms with E-state index in [1.807, 2.05) is 12.4 Å². The first-order chi connectivity index (χ1) is 18.6. The van der Waals surface area contributed by atoms with Gasteiger partial charge in [-0.2, -0.15) is 0 Å². The highest BCUT2D eigenvalue weighted by molar-refractivity contribution is 5.70. The molecular weight excluding hydrogens is 480 g/mol. The lowest BCUT2D eigenvalue weighted by atomic mass is 10.0. The number of rotatable bonds is 7. The number of aryl methyl sites for hydroxylation is 1. The van der Waals surface area contributed by atoms with E-state index in [-0.39, 0.29) is 0 Å². The van der Waals surface area contributed by atoms with E-state index < -0.39 is 0 Å². The molecule has 0 aliphatic carbocycles. The molecule has 5 heterocycles. The van der Waals surface area contributed by atoms with Gasteiger partial charge in [-0.3, -0.25) is 4.90 Å². The van der Waals surface area contributed by atoms with Gasteiger partial charge < -0.3 is 30.3 Å². The van der Waals surface area contributed by atoms with Crippen LogP contribution in [-0.4, -0.2) is 78.9 Å². The summed E-state index contributed by atoms with van der Waals surface area (Å²) in [5.74, 6) is 1.31. The van der Waals surface area contributed by atoms with E-state index in [1.54, 1.807) is 0 Å². The summed E-state index contributed by atoms with van der Waals surface area (Å²) >= 11 is 0. The standard InChI is InChI=1S/C28H36N8O2/c1-19-15-22(3-4-23(19)29-6-9-35-10-13-37-14-11-35)33-28-32-16-21-5-8-36(18-24(21)34-28)25-17-31-27-26(20(25)2)30-7-12-38-27/h3-4,15-17,29-30H,5-14,18H2,1-2H3,(H,32,33,34). The first kappa shape index (κ1) is 24.7. The summed E-state index contributed by atoms with van der Waals surface area (Å²) in [6.07, 6.45) is 4.79. The van der Waals surface area contributed by atoms with Gasteiger partial charge in [-0.1, -0.05) is 0 Å². The van der Waals surface area contributed by atoms with Gasteiger partial charge in [-0.15, -0.1) is 0 Å². The summed E-state index contributed by atoms with van der Waals surface area (Å²) in [4.78, 5) is 18.8. The van der Waals surface area contributed by atoms with Gasteiger partial charge in [0, 0.05) is 62.4 Å². The van der Waals surface area contributed by atoms with Gasteiger partial charge in [-0.25, -0.2) is 15.0 Å². The molecule has 0 spiro atoms. The van der Waals surface area contributed by atoms with Gasteiger partial charge in [0.05, 0.1) is 37.3 Å². The Balaban J connectivity index is 1.10. The fourth-order valence-electron chi connectivity index (χ4n) is 5.34. The van der Waals surface area contributed by atoms with Crippen LogP contribution < -0.4 is 25.6 Å². The Kier molecular flexibility index (Phi) is 7.15. The summed E-state index contributed by atoms with van der Waals surface area (Å²) in [6, 6.07) is 6.35. The third-order valence-corrected chi connectivity index (χ3v) is 7.54. The molecule has 0 saturated carbocycles. The van der Waals surface area contributed by atoms with E-state index in [0.29, 0.717) is 18.4 Å². The molecule has 0 unspecified atom stereocenters. The Morgan fingerprint density at radius 3 is 2.82 bits per heavy atom. The molecular formula is C28H36N8O2. The Labute approximate surface area is 223 Å². The number of ether oxygens (including phenoxy) is 2. The van der Waals surface area contributed by atoms with Crippen molar-refractivity contribution in [1.82, 2.24) is 19.9 Å². The molecule has 1 aromatic carbocycles. The van der Waals surface area contributed by atoms with Crippen molar-refractivity contribution in [2.75, 3.05) is 79.9 Å². The Bertz CT molecular complexity index is 1290. The third-order valence-electron chi connectivity index (χ3n) is 7.54. The van der Waals surface area contributed by atoms with Gasteiger partial charge in [0.25, 0.3) is 0 Å². The predicted octanol–water partition coefficient (Wildman–Crippen LogP) is 3.34. The van der Waals surface area contributed by atoms with Crippen LogP contribution in [-0.2, 0) is 17.7 Å². The van der Waals surface area contributed by atoms with Crippen molar-refractivity contribution in [3.8, 4) is 5.88 Å². The third kappa shape index (κ3) is 5.32. The summed E-state index contributed by atoms with van der Waals surface area (Å²) in [7, 11) is 0. The molecule has 3 N–H and O–H groups in total. The highest BCUT2D eigenvalue weighted by Crippen LogP contribution is 2.36. The van der Waals surface area contributed by atoms with Crippen molar-refractivity contribution in [3.63, 3.8) is 0 Å². The molecule has 0 bridgehead atoms. The maximum Gasteiger partial charge on any atom is 0.237 e. The smallest absolute Gasteiger partial charge is 0.237 e. The molecule has 1 saturated heterocycles. The maximum absolute atomic E-state index is 5.70. The zero-order chi connectivity index (χ0) is 25.9. The molecule has 10 heteroatoms. The van der Waals surface area contributed by atoms with E-state index in [0.717, 1.165) is 93.9 Å². The van der Waals surface area contributed by atoms with E-state index in [1.165, 1.54) is 16.7 Å². The van der Waals surface area contributed by atoms with Crippen molar-refractivity contribution in [3.05, 3.63) is 53.0 Å². The lowest BCUT2D eigenvalue weighted by molar-refractivity contribution is 0.0398. The second kappa shape index (κ2) is 11.0. The number of benzene rings is 1. The van der Waals surface area contributed by atoms with Crippen molar-refractivity contribution in [2.45, 2.75) is 26.8 Å². The zero-order valence-corrected chi connectivity index (χ0v) is 22.2. The minimum atomic E-state index is 0.619. The first-order valence-corrected chi connectivity index (χ1v) is 13.5. The average molecular weight is 517 g/mol. The molecule has 38 heavy (non-hydrogen) atoms. The van der Waals surface area contributed by atoms with Crippen LogP contribution in [0.15, 0.2) is 30.6 Å². The fourth-order valence-corrected chi connectivity index (χ4v) is 5.34. The van der Waals surface area contributed by atoms with Crippen molar-refractivity contribution < 1.29 is 9.47 Å². The minimum Gasteiger partial charge on any atom is -0.474 e. The lowest BCUT2D eigenvalue weighted by Gasteiger charge is -2.32. The molecule has 10 nitrogen and oxygen atoms in total. The van der Waals surface area contributed by atoms with Crippen LogP contribution in [0.5, 0.6) is 5.88 Å². The number of pyridine rings is 1. The molecule has 3 aliphatic rings. The normalized spacial score (nSPS) is 17.2. The minimum absolute atomic E-state index is 0.619. The molecule has 0 radical (unpaired) electrons. The number of anilines is 5.